The summed E-state index contributed by atoms with van der Waals surface area (Å²) in [5.41, 5.74) is 0. The zero-order valence-corrected chi connectivity index (χ0v) is 39.0. The van der Waals surface area contributed by atoms with Crippen LogP contribution in [0.4, 0.5) is 0 Å². The summed E-state index contributed by atoms with van der Waals surface area (Å²) in [6, 6.07) is 0. The van der Waals surface area contributed by atoms with Crippen molar-refractivity contribution in [2.45, 2.75) is 195 Å². The predicted octanol–water partition coefficient (Wildman–Crippen LogP) is 9.35. The number of hydrogen-bond donors (Lipinski definition) is 0. The van der Waals surface area contributed by atoms with E-state index in [1.165, 1.54) is 0 Å². The average Bonchev–Trinajstić information content (AvgIpc) is 2.96. The number of hydrogen-bond acceptors (Lipinski definition) is 9. The molecule has 0 aromatic carbocycles. The molecule has 0 bridgehead atoms. The molecule has 0 aliphatic carbocycles. The number of ether oxygens (including phenoxy) is 2. The van der Waals surface area contributed by atoms with E-state index in [4.69, 9.17) is 22.8 Å². The highest BCUT2D eigenvalue weighted by Crippen LogP contribution is 2.44. The van der Waals surface area contributed by atoms with Crippen molar-refractivity contribution in [3.63, 3.8) is 0 Å². The zero-order chi connectivity index (χ0) is 40.3. The second kappa shape index (κ2) is 17.5. The number of carbonyl (C=O) groups is 4. The lowest BCUT2D eigenvalue weighted by Crippen LogP contribution is -2.55. The van der Waals surface area contributed by atoms with E-state index >= 15 is 0 Å². The summed E-state index contributed by atoms with van der Waals surface area (Å²) in [5, 5.41) is 0.158. The predicted molar refractivity (Wildman–Crippen MR) is 213 cm³/mol. The molecule has 12 heteroatoms. The van der Waals surface area contributed by atoms with Gasteiger partial charge in [0.05, 0.1) is 24.0 Å². The average molecular weight is 773 g/mol. The Hall–Kier alpha value is -1.19. The molecule has 0 amide bonds. The SMILES string of the molecule is C[C@@H]1[C@@H](O[Si](C)(C)C(C)(C)C)[C@@H](C)C(=O)O[C@H]1C[C@H](C)C=O.C[C@@H]1[C@@H](O[Si](C)(C)C(C)(C)C)[C@@H](C)C(=O)O[C@H]1C[C@H](C=O)O[Si](C)(C)C(C)(C)C. The Labute approximate surface area is 314 Å². The van der Waals surface area contributed by atoms with E-state index in [2.05, 4.69) is 115 Å². The number of aldehydes is 2. The van der Waals surface area contributed by atoms with Gasteiger partial charge in [0.1, 0.15) is 30.9 Å². The fraction of sp³-hybridized carbons (Fsp3) is 0.897. The van der Waals surface area contributed by atoms with Gasteiger partial charge in [-0.05, 0) is 74.7 Å². The normalized spacial score (nSPS) is 29.6. The molecule has 2 aliphatic heterocycles. The van der Waals surface area contributed by atoms with Crippen LogP contribution in [-0.2, 0) is 41.9 Å². The van der Waals surface area contributed by atoms with Crippen LogP contribution >= 0.6 is 0 Å². The van der Waals surface area contributed by atoms with Crippen molar-refractivity contribution in [2.75, 3.05) is 0 Å². The Balaban J connectivity index is 0.000000530. The van der Waals surface area contributed by atoms with Crippen molar-refractivity contribution in [1.82, 2.24) is 0 Å². The minimum absolute atomic E-state index is 0.00212. The van der Waals surface area contributed by atoms with Gasteiger partial charge in [-0.25, -0.2) is 0 Å². The molecule has 10 atom stereocenters. The summed E-state index contributed by atoms with van der Waals surface area (Å²) in [4.78, 5) is 47.5. The van der Waals surface area contributed by atoms with Crippen LogP contribution in [0.2, 0.25) is 54.4 Å². The van der Waals surface area contributed by atoms with Gasteiger partial charge in [-0.1, -0.05) is 83.1 Å². The Morgan fingerprint density at radius 2 is 0.941 bits per heavy atom. The smallest absolute Gasteiger partial charge is 0.311 e. The maximum atomic E-state index is 12.6. The van der Waals surface area contributed by atoms with Crippen molar-refractivity contribution in [2.24, 2.45) is 29.6 Å². The van der Waals surface area contributed by atoms with Crippen molar-refractivity contribution in [3.05, 3.63) is 0 Å². The van der Waals surface area contributed by atoms with E-state index in [9.17, 15) is 19.2 Å². The molecule has 2 aliphatic rings. The van der Waals surface area contributed by atoms with Crippen LogP contribution in [0.1, 0.15) is 110 Å². The van der Waals surface area contributed by atoms with Gasteiger partial charge in [-0.2, -0.15) is 0 Å². The quantitative estimate of drug-likeness (QED) is 0.109. The first-order valence-electron chi connectivity index (χ1n) is 19.1. The molecule has 2 fully saturated rings. The lowest BCUT2D eigenvalue weighted by atomic mass is 9.83. The van der Waals surface area contributed by atoms with Gasteiger partial charge in [-0.3, -0.25) is 9.59 Å². The maximum absolute atomic E-state index is 12.6. The van der Waals surface area contributed by atoms with Crippen LogP contribution in [0.15, 0.2) is 0 Å². The van der Waals surface area contributed by atoms with E-state index in [1.54, 1.807) is 0 Å². The first kappa shape index (κ1) is 47.8. The molecular formula is C39H76O9Si3. The van der Waals surface area contributed by atoms with E-state index in [-0.39, 0.29) is 81.1 Å². The van der Waals surface area contributed by atoms with Crippen LogP contribution in [0, 0.1) is 29.6 Å². The third-order valence-electron chi connectivity index (χ3n) is 12.7. The molecule has 2 saturated heterocycles. The second-order valence-electron chi connectivity index (χ2n) is 20.1. The fourth-order valence-electron chi connectivity index (χ4n) is 5.65. The van der Waals surface area contributed by atoms with Crippen molar-refractivity contribution >= 4 is 49.5 Å². The molecule has 0 aromatic heterocycles. The first-order chi connectivity index (χ1) is 22.7. The summed E-state index contributed by atoms with van der Waals surface area (Å²) in [7, 11) is -6.11. The molecule has 0 radical (unpaired) electrons. The standard InChI is InChI=1S/C22H44O5Si2.C17H32O4Si/c1-15-18(13-17(14-23)26-28(9,10)21(3,4)5)25-20(24)16(2)19(15)27-29(11,12)22(6,7)8;1-11(10-18)9-14-12(2)15(13(3)16(19)20-14)21-22(7,8)17(4,5)6/h14-19H,13H2,1-12H3;10-15H,9H2,1-8H3/t15-,16+,17+,18-,19+;11-,12-,13+,14-,15+/m00/s1. The van der Waals surface area contributed by atoms with E-state index in [1.807, 2.05) is 20.8 Å². The van der Waals surface area contributed by atoms with Crippen molar-refractivity contribution in [3.8, 4) is 0 Å². The zero-order valence-electron chi connectivity index (χ0n) is 36.0. The lowest BCUT2D eigenvalue weighted by molar-refractivity contribution is -0.178. The Morgan fingerprint density at radius 1 is 0.608 bits per heavy atom. The molecule has 0 spiro atoms. The molecule has 9 nitrogen and oxygen atoms in total. The highest BCUT2D eigenvalue weighted by atomic mass is 28.4. The Kier molecular flexibility index (Phi) is 16.4. The van der Waals surface area contributed by atoms with Crippen molar-refractivity contribution < 1.29 is 41.9 Å². The second-order valence-corrected chi connectivity index (χ2v) is 34.3. The van der Waals surface area contributed by atoms with Crippen LogP contribution < -0.4 is 0 Å². The summed E-state index contributed by atoms with van der Waals surface area (Å²) in [6.07, 6.45) is 1.21. The van der Waals surface area contributed by atoms with E-state index in [0.717, 1.165) is 12.6 Å². The molecule has 0 unspecified atom stereocenters. The topological polar surface area (TPSA) is 114 Å². The van der Waals surface area contributed by atoms with Gasteiger partial charge in [0.15, 0.2) is 25.0 Å². The molecule has 51 heavy (non-hydrogen) atoms. The van der Waals surface area contributed by atoms with E-state index < -0.39 is 31.1 Å². The number of rotatable bonds is 12. The van der Waals surface area contributed by atoms with Crippen LogP contribution in [0.25, 0.3) is 0 Å². The van der Waals surface area contributed by atoms with Gasteiger partial charge in [0, 0.05) is 24.2 Å². The lowest BCUT2D eigenvalue weighted by Gasteiger charge is -2.46. The highest BCUT2D eigenvalue weighted by molar-refractivity contribution is 6.75. The van der Waals surface area contributed by atoms with E-state index in [0.29, 0.717) is 12.8 Å². The molecule has 2 rings (SSSR count). The number of cyclic esters (lactones) is 2. The number of esters is 2. The summed E-state index contributed by atoms with van der Waals surface area (Å²) in [5.74, 6) is -1.02. The Bertz CT molecular complexity index is 1180. The van der Waals surface area contributed by atoms with Crippen LogP contribution in [0.3, 0.4) is 0 Å². The first-order valence-corrected chi connectivity index (χ1v) is 27.8. The van der Waals surface area contributed by atoms with Gasteiger partial charge in [-0.15, -0.1) is 0 Å². The van der Waals surface area contributed by atoms with Crippen molar-refractivity contribution in [1.29, 1.82) is 0 Å². The molecular weight excluding hydrogens is 697 g/mol. The molecule has 2 heterocycles. The molecule has 0 saturated carbocycles. The monoisotopic (exact) mass is 772 g/mol. The largest absolute Gasteiger partial charge is 0.462 e. The minimum atomic E-state index is -2.10. The number of carbonyl (C=O) groups excluding carboxylic acids is 4. The van der Waals surface area contributed by atoms with Gasteiger partial charge in [0.25, 0.3) is 0 Å². The van der Waals surface area contributed by atoms with Gasteiger partial charge in [0.2, 0.25) is 0 Å². The molecule has 298 valence electrons. The summed E-state index contributed by atoms with van der Waals surface area (Å²) >= 11 is 0. The third kappa shape index (κ3) is 12.4. The Morgan fingerprint density at radius 3 is 1.24 bits per heavy atom. The summed E-state index contributed by atoms with van der Waals surface area (Å²) < 4.78 is 30.8. The van der Waals surface area contributed by atoms with Crippen LogP contribution in [0.5, 0.6) is 0 Å². The highest BCUT2D eigenvalue weighted by Gasteiger charge is 2.50. The minimum Gasteiger partial charge on any atom is -0.462 e. The maximum Gasteiger partial charge on any atom is 0.311 e. The van der Waals surface area contributed by atoms with Crippen LogP contribution in [-0.4, -0.2) is 80.0 Å². The summed E-state index contributed by atoms with van der Waals surface area (Å²) in [6.45, 7) is 42.5. The molecule has 0 aromatic rings. The third-order valence-corrected chi connectivity index (χ3v) is 26.1. The fourth-order valence-corrected chi connectivity index (χ4v) is 9.81. The van der Waals surface area contributed by atoms with Gasteiger partial charge >= 0.3 is 11.9 Å². The molecule has 0 N–H and O–H groups in total. The van der Waals surface area contributed by atoms with Gasteiger partial charge < -0.3 is 32.3 Å².